The molecule has 0 spiro atoms. The monoisotopic (exact) mass is 244 g/mol. The molecule has 5 heteroatoms. The Morgan fingerprint density at radius 3 is 2.94 bits per heavy atom. The Morgan fingerprint density at radius 1 is 1.44 bits per heavy atom. The zero-order valence-electron chi connectivity index (χ0n) is 10.1. The quantitative estimate of drug-likeness (QED) is 0.728. The number of hydrogen-bond donors (Lipinski definition) is 2. The van der Waals surface area contributed by atoms with Crippen LogP contribution in [0.25, 0.3) is 5.57 Å². The van der Waals surface area contributed by atoms with Gasteiger partial charge in [0, 0.05) is 35.1 Å². The summed E-state index contributed by atoms with van der Waals surface area (Å²) in [4.78, 5) is 26.8. The van der Waals surface area contributed by atoms with Crippen LogP contribution in [0.1, 0.15) is 32.1 Å². The van der Waals surface area contributed by atoms with E-state index < -0.39 is 5.97 Å². The summed E-state index contributed by atoms with van der Waals surface area (Å²) in [7, 11) is 1.34. The predicted molar refractivity (Wildman–Crippen MR) is 65.3 cm³/mol. The lowest BCUT2D eigenvalue weighted by atomic mass is 9.92. The molecule has 2 heterocycles. The summed E-state index contributed by atoms with van der Waals surface area (Å²) >= 11 is 0. The van der Waals surface area contributed by atoms with Gasteiger partial charge in [-0.3, -0.25) is 4.79 Å². The van der Waals surface area contributed by atoms with Gasteiger partial charge in [-0.2, -0.15) is 0 Å². The van der Waals surface area contributed by atoms with Gasteiger partial charge in [-0.1, -0.05) is 6.08 Å². The number of methoxy groups -OCH3 is 1. The number of aryl methyl sites for hydroxylation is 1. The van der Waals surface area contributed by atoms with E-state index in [-0.39, 0.29) is 5.78 Å². The van der Waals surface area contributed by atoms with E-state index in [0.717, 1.165) is 11.3 Å². The number of fused-ring (bicyclic) bond motifs is 3. The Hall–Kier alpha value is -2.30. The van der Waals surface area contributed by atoms with Crippen LogP contribution in [0, 0.1) is 6.92 Å². The first-order chi connectivity index (χ1) is 8.63. The van der Waals surface area contributed by atoms with Crippen molar-refractivity contribution in [3.8, 4) is 0 Å². The summed E-state index contributed by atoms with van der Waals surface area (Å²) in [6.45, 7) is 2.43. The second kappa shape index (κ2) is 3.60. The lowest BCUT2D eigenvalue weighted by molar-refractivity contribution is 0.0600. The van der Waals surface area contributed by atoms with Crippen LogP contribution in [0.3, 0.4) is 0 Å². The minimum atomic E-state index is -0.424. The van der Waals surface area contributed by atoms with Crippen molar-refractivity contribution < 1.29 is 14.3 Å². The number of carbonyl (C=O) groups excluding carboxylic acids is 2. The number of carbonyl (C=O) groups is 2. The van der Waals surface area contributed by atoms with Crippen LogP contribution >= 0.6 is 0 Å². The minimum absolute atomic E-state index is 0.121. The second-order valence-corrected chi connectivity index (χ2v) is 4.29. The van der Waals surface area contributed by atoms with E-state index in [1.54, 1.807) is 13.0 Å². The van der Waals surface area contributed by atoms with E-state index in [1.165, 1.54) is 7.11 Å². The van der Waals surface area contributed by atoms with Crippen molar-refractivity contribution in [2.75, 3.05) is 13.7 Å². The standard InChI is InChI=1S/C13H12N2O3/c1-6-10(13(17)18-2)11-7-3-4-14-8(7)5-9(16)12(11)15-6/h3,5,14-15H,4H2,1-2H3. The molecule has 0 atom stereocenters. The second-order valence-electron chi connectivity index (χ2n) is 4.29. The molecule has 1 aromatic heterocycles. The van der Waals surface area contributed by atoms with Gasteiger partial charge in [-0.25, -0.2) is 4.79 Å². The topological polar surface area (TPSA) is 71.2 Å². The summed E-state index contributed by atoms with van der Waals surface area (Å²) in [5, 5.41) is 3.10. The maximum atomic E-state index is 12.0. The van der Waals surface area contributed by atoms with Gasteiger partial charge >= 0.3 is 5.97 Å². The van der Waals surface area contributed by atoms with Gasteiger partial charge < -0.3 is 15.0 Å². The molecule has 3 rings (SSSR count). The molecule has 2 N–H and O–H groups in total. The highest BCUT2D eigenvalue weighted by Gasteiger charge is 2.32. The lowest BCUT2D eigenvalue weighted by Crippen LogP contribution is -2.15. The van der Waals surface area contributed by atoms with Crippen LogP contribution in [0.4, 0.5) is 0 Å². The summed E-state index contributed by atoms with van der Waals surface area (Å²) in [5.41, 5.74) is 3.90. The smallest absolute Gasteiger partial charge is 0.340 e. The third-order valence-electron chi connectivity index (χ3n) is 3.26. The van der Waals surface area contributed by atoms with Gasteiger partial charge in [0.05, 0.1) is 18.4 Å². The molecule has 2 aliphatic rings. The molecule has 18 heavy (non-hydrogen) atoms. The van der Waals surface area contributed by atoms with Crippen molar-refractivity contribution in [2.45, 2.75) is 6.92 Å². The number of nitrogens with one attached hydrogen (secondary N) is 2. The van der Waals surface area contributed by atoms with Crippen LogP contribution in [0.5, 0.6) is 0 Å². The number of ketones is 1. The molecule has 0 saturated heterocycles. The number of H-pyrrole nitrogens is 1. The van der Waals surface area contributed by atoms with Crippen LogP contribution in [-0.4, -0.2) is 30.4 Å². The summed E-state index contributed by atoms with van der Waals surface area (Å²) in [5.74, 6) is -0.545. The predicted octanol–water partition coefficient (Wildman–Crippen LogP) is 1.18. The average molecular weight is 244 g/mol. The van der Waals surface area contributed by atoms with E-state index in [4.69, 9.17) is 4.74 Å². The van der Waals surface area contributed by atoms with E-state index in [0.29, 0.717) is 29.1 Å². The molecule has 0 aromatic carbocycles. The van der Waals surface area contributed by atoms with E-state index in [2.05, 4.69) is 10.3 Å². The highest BCUT2D eigenvalue weighted by atomic mass is 16.5. The van der Waals surface area contributed by atoms with Crippen molar-refractivity contribution in [1.29, 1.82) is 0 Å². The maximum absolute atomic E-state index is 12.0. The van der Waals surface area contributed by atoms with Crippen LogP contribution in [-0.2, 0) is 4.74 Å². The average Bonchev–Trinajstić information content (AvgIpc) is 2.92. The normalized spacial score (nSPS) is 16.4. The molecule has 5 nitrogen and oxygen atoms in total. The summed E-state index contributed by atoms with van der Waals surface area (Å²) in [6.07, 6.45) is 3.52. The number of aromatic amines is 1. The molecule has 0 unspecified atom stereocenters. The highest BCUT2D eigenvalue weighted by Crippen LogP contribution is 2.36. The first kappa shape index (κ1) is 10.8. The Bertz CT molecular complexity index is 635. The molecular weight excluding hydrogens is 232 g/mol. The van der Waals surface area contributed by atoms with Crippen molar-refractivity contribution in [3.63, 3.8) is 0 Å². The first-order valence-corrected chi connectivity index (χ1v) is 5.65. The fourth-order valence-corrected chi connectivity index (χ4v) is 2.47. The Balaban J connectivity index is 2.29. The van der Waals surface area contributed by atoms with E-state index >= 15 is 0 Å². The molecule has 0 radical (unpaired) electrons. The molecular formula is C13H12N2O3. The van der Waals surface area contributed by atoms with Gasteiger partial charge in [-0.05, 0) is 6.92 Å². The van der Waals surface area contributed by atoms with Crippen molar-refractivity contribution in [2.24, 2.45) is 0 Å². The zero-order valence-corrected chi connectivity index (χ0v) is 10.1. The highest BCUT2D eigenvalue weighted by molar-refractivity contribution is 6.16. The van der Waals surface area contributed by atoms with Crippen LogP contribution in [0.15, 0.2) is 17.8 Å². The van der Waals surface area contributed by atoms with Crippen molar-refractivity contribution >= 4 is 17.3 Å². The van der Waals surface area contributed by atoms with Crippen LogP contribution < -0.4 is 5.32 Å². The third-order valence-corrected chi connectivity index (χ3v) is 3.26. The van der Waals surface area contributed by atoms with Crippen molar-refractivity contribution in [3.05, 3.63) is 40.4 Å². The molecule has 1 aliphatic heterocycles. The molecule has 1 aliphatic carbocycles. The van der Waals surface area contributed by atoms with Gasteiger partial charge in [-0.15, -0.1) is 0 Å². The Labute approximate surface area is 104 Å². The Kier molecular flexibility index (Phi) is 2.16. The zero-order chi connectivity index (χ0) is 12.9. The number of rotatable bonds is 1. The van der Waals surface area contributed by atoms with Gasteiger partial charge in [0.1, 0.15) is 0 Å². The minimum Gasteiger partial charge on any atom is -0.465 e. The number of allylic oxidation sites excluding steroid dienone is 2. The third kappa shape index (κ3) is 1.27. The summed E-state index contributed by atoms with van der Waals surface area (Å²) < 4.78 is 4.79. The molecule has 92 valence electrons. The van der Waals surface area contributed by atoms with Gasteiger partial charge in [0.15, 0.2) is 0 Å². The fourth-order valence-electron chi connectivity index (χ4n) is 2.47. The Morgan fingerprint density at radius 2 is 2.22 bits per heavy atom. The fraction of sp³-hybridized carbons (Fsp3) is 0.231. The lowest BCUT2D eigenvalue weighted by Gasteiger charge is -2.13. The molecule has 0 amide bonds. The molecule has 0 fully saturated rings. The van der Waals surface area contributed by atoms with E-state index in [1.807, 2.05) is 6.08 Å². The molecule has 0 bridgehead atoms. The van der Waals surface area contributed by atoms with E-state index in [9.17, 15) is 9.59 Å². The molecule has 1 aromatic rings. The number of esters is 1. The van der Waals surface area contributed by atoms with Gasteiger partial charge in [0.2, 0.25) is 5.78 Å². The number of aromatic nitrogens is 1. The maximum Gasteiger partial charge on any atom is 0.340 e. The van der Waals surface area contributed by atoms with Crippen molar-refractivity contribution in [1.82, 2.24) is 10.3 Å². The van der Waals surface area contributed by atoms with Gasteiger partial charge in [0.25, 0.3) is 0 Å². The SMILES string of the molecule is COC(=O)c1c(C)[nH]c2c1C1=CCNC1=CC2=O. The first-order valence-electron chi connectivity index (χ1n) is 5.65. The number of ether oxygens (including phenoxy) is 1. The van der Waals surface area contributed by atoms with Crippen LogP contribution in [0.2, 0.25) is 0 Å². The number of hydrogen-bond acceptors (Lipinski definition) is 4. The largest absolute Gasteiger partial charge is 0.465 e. The summed E-state index contributed by atoms with van der Waals surface area (Å²) in [6, 6.07) is 0. The molecule has 0 saturated carbocycles.